The predicted octanol–water partition coefficient (Wildman–Crippen LogP) is 2.37. The van der Waals surface area contributed by atoms with E-state index in [0.717, 1.165) is 11.3 Å². The van der Waals surface area contributed by atoms with Crippen LogP contribution in [0.15, 0.2) is 35.4 Å². The molecule has 1 aromatic heterocycles. The second-order valence-corrected chi connectivity index (χ2v) is 7.08. The van der Waals surface area contributed by atoms with E-state index in [2.05, 4.69) is 15.4 Å². The number of hydrogen-bond acceptors (Lipinski definition) is 9. The topological polar surface area (TPSA) is 110 Å². The van der Waals surface area contributed by atoms with E-state index in [1.54, 1.807) is 26.0 Å². The number of amides is 1. The summed E-state index contributed by atoms with van der Waals surface area (Å²) in [5.74, 6) is -1.47. The first-order chi connectivity index (χ1) is 13.9. The fraction of sp³-hybridized carbons (Fsp3) is 0.316. The van der Waals surface area contributed by atoms with Crippen LogP contribution in [0.3, 0.4) is 0 Å². The van der Waals surface area contributed by atoms with Crippen molar-refractivity contribution in [2.24, 2.45) is 5.10 Å². The maximum absolute atomic E-state index is 13.0. The van der Waals surface area contributed by atoms with Gasteiger partial charge in [0, 0.05) is 6.42 Å². The highest BCUT2D eigenvalue weighted by Gasteiger charge is 2.37. The third kappa shape index (κ3) is 4.43. The van der Waals surface area contributed by atoms with Crippen molar-refractivity contribution >= 4 is 45.7 Å². The van der Waals surface area contributed by atoms with Gasteiger partial charge >= 0.3 is 11.9 Å². The number of carbonyl (C=O) groups excluding carboxylic acids is 3. The van der Waals surface area contributed by atoms with Crippen LogP contribution in [0.25, 0.3) is 0 Å². The van der Waals surface area contributed by atoms with Gasteiger partial charge in [0.25, 0.3) is 5.91 Å². The summed E-state index contributed by atoms with van der Waals surface area (Å²) in [4.78, 5) is 41.4. The molecule has 3 rings (SSSR count). The fourth-order valence-electron chi connectivity index (χ4n) is 2.79. The van der Waals surface area contributed by atoms with Gasteiger partial charge in [0.2, 0.25) is 0 Å². The lowest BCUT2D eigenvalue weighted by Gasteiger charge is -2.22. The molecule has 0 bridgehead atoms. The van der Waals surface area contributed by atoms with E-state index < -0.39 is 23.9 Å². The molecule has 0 fully saturated rings. The van der Waals surface area contributed by atoms with Crippen molar-refractivity contribution < 1.29 is 23.9 Å². The van der Waals surface area contributed by atoms with Crippen molar-refractivity contribution in [2.45, 2.75) is 26.3 Å². The summed E-state index contributed by atoms with van der Waals surface area (Å²) in [7, 11) is 1.28. The quantitative estimate of drug-likeness (QED) is 0.720. The van der Waals surface area contributed by atoms with Gasteiger partial charge in [-0.3, -0.25) is 9.80 Å². The van der Waals surface area contributed by atoms with Gasteiger partial charge in [-0.05, 0) is 26.0 Å². The molecule has 1 amide bonds. The molecule has 2 aromatic rings. The minimum atomic E-state index is -0.761. The number of para-hydroxylation sites is 1. The van der Waals surface area contributed by atoms with Gasteiger partial charge in [0.1, 0.15) is 16.6 Å². The van der Waals surface area contributed by atoms with Crippen LogP contribution in [0, 0.1) is 6.92 Å². The van der Waals surface area contributed by atoms with E-state index in [4.69, 9.17) is 9.47 Å². The molecule has 1 aliphatic rings. The molecule has 0 saturated carbocycles. The molecule has 0 saturated heterocycles. The summed E-state index contributed by atoms with van der Waals surface area (Å²) in [6.45, 7) is 3.58. The number of carbonyl (C=O) groups is 3. The molecular formula is C19H20N4O5S. The maximum atomic E-state index is 13.0. The third-order valence-electron chi connectivity index (χ3n) is 4.14. The van der Waals surface area contributed by atoms with Gasteiger partial charge < -0.3 is 14.8 Å². The third-order valence-corrected chi connectivity index (χ3v) is 5.20. The van der Waals surface area contributed by atoms with Gasteiger partial charge in [0.05, 0.1) is 25.1 Å². The van der Waals surface area contributed by atoms with E-state index in [0.29, 0.717) is 16.3 Å². The first-order valence-corrected chi connectivity index (χ1v) is 9.71. The Bertz CT molecular complexity index is 957. The van der Waals surface area contributed by atoms with Crippen LogP contribution in [0.4, 0.5) is 10.8 Å². The normalized spacial score (nSPS) is 15.6. The molecule has 29 heavy (non-hydrogen) atoms. The molecule has 0 radical (unpaired) electrons. The Labute approximate surface area is 171 Å². The van der Waals surface area contributed by atoms with Gasteiger partial charge in [-0.2, -0.15) is 5.10 Å². The minimum Gasteiger partial charge on any atom is -0.465 e. The largest absolute Gasteiger partial charge is 0.465 e. The van der Waals surface area contributed by atoms with Crippen LogP contribution >= 0.6 is 11.3 Å². The fourth-order valence-corrected chi connectivity index (χ4v) is 3.68. The smallest absolute Gasteiger partial charge is 0.354 e. The number of rotatable bonds is 6. The Balaban J connectivity index is 1.83. The molecule has 1 atom stereocenters. The van der Waals surface area contributed by atoms with Crippen molar-refractivity contribution in [1.29, 1.82) is 0 Å². The highest BCUT2D eigenvalue weighted by molar-refractivity contribution is 7.17. The number of nitrogens with zero attached hydrogens (tertiary/aromatic N) is 3. The summed E-state index contributed by atoms with van der Waals surface area (Å²) >= 11 is 1.03. The highest BCUT2D eigenvalue weighted by atomic mass is 32.1. The predicted molar refractivity (Wildman–Crippen MR) is 108 cm³/mol. The Morgan fingerprint density at radius 3 is 2.62 bits per heavy atom. The number of thiazole rings is 1. The molecule has 152 valence electrons. The molecule has 1 aliphatic heterocycles. The summed E-state index contributed by atoms with van der Waals surface area (Å²) in [5.41, 5.74) is 1.30. The summed E-state index contributed by atoms with van der Waals surface area (Å²) in [6, 6.07) is 8.30. The van der Waals surface area contributed by atoms with Crippen molar-refractivity contribution in [3.8, 4) is 0 Å². The zero-order chi connectivity index (χ0) is 21.0. The van der Waals surface area contributed by atoms with Crippen molar-refractivity contribution in [3.63, 3.8) is 0 Å². The number of esters is 2. The van der Waals surface area contributed by atoms with Crippen LogP contribution in [-0.4, -0.2) is 48.3 Å². The van der Waals surface area contributed by atoms with Crippen LogP contribution in [0.1, 0.15) is 28.7 Å². The van der Waals surface area contributed by atoms with E-state index in [9.17, 15) is 14.4 Å². The summed E-state index contributed by atoms with van der Waals surface area (Å²) in [6.07, 6.45) is 0.0910. The number of hydrazone groups is 1. The van der Waals surface area contributed by atoms with Gasteiger partial charge in [-0.15, -0.1) is 0 Å². The second kappa shape index (κ2) is 8.82. The Kier molecular flexibility index (Phi) is 6.23. The molecule has 1 unspecified atom stereocenters. The van der Waals surface area contributed by atoms with Gasteiger partial charge in [-0.25, -0.2) is 14.6 Å². The number of benzene rings is 1. The van der Waals surface area contributed by atoms with E-state index >= 15 is 0 Å². The lowest BCUT2D eigenvalue weighted by atomic mass is 10.1. The van der Waals surface area contributed by atoms with E-state index in [-0.39, 0.29) is 23.9 Å². The Hall–Kier alpha value is -3.27. The first kappa shape index (κ1) is 20.5. The number of ether oxygens (including phenoxy) is 2. The molecule has 1 N–H and O–H groups in total. The maximum Gasteiger partial charge on any atom is 0.354 e. The van der Waals surface area contributed by atoms with Crippen LogP contribution in [0.5, 0.6) is 0 Å². The molecular weight excluding hydrogens is 396 g/mol. The van der Waals surface area contributed by atoms with Gasteiger partial charge in [-0.1, -0.05) is 29.5 Å². The molecule has 9 nitrogen and oxygen atoms in total. The molecule has 10 heteroatoms. The van der Waals surface area contributed by atoms with Crippen LogP contribution in [-0.2, 0) is 19.1 Å². The van der Waals surface area contributed by atoms with Crippen LogP contribution in [0.2, 0.25) is 0 Å². The average molecular weight is 416 g/mol. The number of nitrogens with one attached hydrogen (secondary N) is 1. The highest BCUT2D eigenvalue weighted by Crippen LogP contribution is 2.28. The Morgan fingerprint density at radius 2 is 1.97 bits per heavy atom. The lowest BCUT2D eigenvalue weighted by molar-refractivity contribution is -0.135. The molecule has 2 heterocycles. The number of hydrogen-bond donors (Lipinski definition) is 1. The molecule has 1 aromatic carbocycles. The minimum absolute atomic E-state index is 0.0910. The SMILES string of the molecule is CCOC(=O)C1=NN(c2ccccc2)C(C(=O)Nc2nc(C)c(C(=O)OC)s2)C1. The van der Waals surface area contributed by atoms with Crippen molar-refractivity contribution in [2.75, 3.05) is 24.0 Å². The van der Waals surface area contributed by atoms with Gasteiger partial charge in [0.15, 0.2) is 5.13 Å². The van der Waals surface area contributed by atoms with Crippen molar-refractivity contribution in [3.05, 3.63) is 40.9 Å². The first-order valence-electron chi connectivity index (χ1n) is 8.90. The van der Waals surface area contributed by atoms with E-state index in [1.807, 2.05) is 18.2 Å². The van der Waals surface area contributed by atoms with E-state index in [1.165, 1.54) is 12.1 Å². The number of aromatic nitrogens is 1. The standard InChI is InChI=1S/C19H20N4O5S/c1-4-28-17(25)13-10-14(23(22-13)12-8-6-5-7-9-12)16(24)21-19-20-11(2)15(29-19)18(26)27-3/h5-9,14H,4,10H2,1-3H3,(H,20,21,24). The number of methoxy groups -OCH3 is 1. The summed E-state index contributed by atoms with van der Waals surface area (Å²) < 4.78 is 9.74. The lowest BCUT2D eigenvalue weighted by Crippen LogP contribution is -2.38. The Morgan fingerprint density at radius 1 is 1.24 bits per heavy atom. The molecule has 0 spiro atoms. The van der Waals surface area contributed by atoms with Crippen molar-refractivity contribution in [1.82, 2.24) is 4.98 Å². The number of aryl methyl sites for hydroxylation is 1. The summed E-state index contributed by atoms with van der Waals surface area (Å²) in [5, 5.41) is 8.78. The average Bonchev–Trinajstić information content (AvgIpc) is 3.32. The second-order valence-electron chi connectivity index (χ2n) is 6.08. The number of anilines is 2. The van der Waals surface area contributed by atoms with Crippen LogP contribution < -0.4 is 10.3 Å². The monoisotopic (exact) mass is 416 g/mol. The molecule has 0 aliphatic carbocycles. The zero-order valence-electron chi connectivity index (χ0n) is 16.2. The zero-order valence-corrected chi connectivity index (χ0v) is 17.0.